The van der Waals surface area contributed by atoms with E-state index in [1.54, 1.807) is 11.8 Å². The highest BCUT2D eigenvalue weighted by Gasteiger charge is 2.03. The first kappa shape index (κ1) is 9.87. The van der Waals surface area contributed by atoms with Crippen LogP contribution in [0.5, 0.6) is 0 Å². The van der Waals surface area contributed by atoms with Crippen molar-refractivity contribution in [2.45, 2.75) is 11.8 Å². The number of nitrogens with zero attached hydrogens (tertiary/aromatic N) is 1. The summed E-state index contributed by atoms with van der Waals surface area (Å²) in [6.07, 6.45) is 0. The number of rotatable bonds is 2. The van der Waals surface area contributed by atoms with Crippen molar-refractivity contribution in [3.8, 4) is 6.07 Å². The van der Waals surface area contributed by atoms with Gasteiger partial charge in [-0.3, -0.25) is 0 Å². The van der Waals surface area contributed by atoms with Crippen molar-refractivity contribution in [2.24, 2.45) is 0 Å². The van der Waals surface area contributed by atoms with Crippen LogP contribution < -0.4 is 0 Å². The molecule has 0 amide bonds. The number of nitriles is 1. The van der Waals surface area contributed by atoms with Crippen molar-refractivity contribution in [1.29, 1.82) is 5.26 Å². The maximum absolute atomic E-state index is 8.75. The van der Waals surface area contributed by atoms with Crippen LogP contribution in [-0.4, -0.2) is 5.75 Å². The van der Waals surface area contributed by atoms with E-state index in [0.717, 1.165) is 14.9 Å². The number of hydrogen-bond donors (Lipinski definition) is 0. The van der Waals surface area contributed by atoms with Crippen LogP contribution in [0, 0.1) is 14.9 Å². The van der Waals surface area contributed by atoms with E-state index in [-0.39, 0.29) is 0 Å². The second-order valence-electron chi connectivity index (χ2n) is 2.16. The summed E-state index contributed by atoms with van der Waals surface area (Å²) in [7, 11) is 0. The summed E-state index contributed by atoms with van der Waals surface area (Å²) in [5.74, 6) is 1.05. The summed E-state index contributed by atoms with van der Waals surface area (Å²) in [4.78, 5) is 1.21. The van der Waals surface area contributed by atoms with Gasteiger partial charge in [-0.15, -0.1) is 11.8 Å². The fourth-order valence-electron chi connectivity index (χ4n) is 0.864. The molecule has 0 fully saturated rings. The predicted octanol–water partition coefficient (Wildman–Crippen LogP) is 3.27. The molecule has 0 saturated heterocycles. The van der Waals surface area contributed by atoms with E-state index in [2.05, 4.69) is 41.7 Å². The number of halogens is 1. The monoisotopic (exact) mass is 289 g/mol. The molecule has 0 saturated carbocycles. The zero-order valence-electron chi connectivity index (χ0n) is 6.67. The van der Waals surface area contributed by atoms with Gasteiger partial charge in [-0.1, -0.05) is 13.0 Å². The summed E-state index contributed by atoms with van der Waals surface area (Å²) >= 11 is 3.99. The van der Waals surface area contributed by atoms with E-state index in [1.807, 2.05) is 12.1 Å². The third-order valence-corrected chi connectivity index (χ3v) is 3.85. The van der Waals surface area contributed by atoms with E-state index < -0.39 is 0 Å². The highest BCUT2D eigenvalue weighted by Crippen LogP contribution is 2.26. The van der Waals surface area contributed by atoms with Crippen molar-refractivity contribution in [3.63, 3.8) is 0 Å². The Balaban J connectivity index is 3.07. The molecular weight excluding hydrogens is 281 g/mol. The van der Waals surface area contributed by atoms with Gasteiger partial charge in [-0.2, -0.15) is 5.26 Å². The molecule has 1 aromatic rings. The molecule has 0 unspecified atom stereocenters. The van der Waals surface area contributed by atoms with Crippen molar-refractivity contribution in [3.05, 3.63) is 27.3 Å². The number of thioether (sulfide) groups is 1. The van der Waals surface area contributed by atoms with E-state index in [4.69, 9.17) is 5.26 Å². The summed E-state index contributed by atoms with van der Waals surface area (Å²) in [5.41, 5.74) is 0.772. The van der Waals surface area contributed by atoms with Gasteiger partial charge >= 0.3 is 0 Å². The first-order valence-electron chi connectivity index (χ1n) is 3.61. The second kappa shape index (κ2) is 4.73. The lowest BCUT2D eigenvalue weighted by molar-refractivity contribution is 1.34. The van der Waals surface area contributed by atoms with Crippen LogP contribution in [0.3, 0.4) is 0 Å². The van der Waals surface area contributed by atoms with E-state index in [1.165, 1.54) is 4.90 Å². The predicted molar refractivity (Wildman–Crippen MR) is 60.3 cm³/mol. The Kier molecular flexibility index (Phi) is 3.89. The molecule has 1 aromatic carbocycles. The maximum atomic E-state index is 8.75. The molecule has 62 valence electrons. The normalized spacial score (nSPS) is 9.42. The summed E-state index contributed by atoms with van der Waals surface area (Å²) in [5, 5.41) is 8.75. The lowest BCUT2D eigenvalue weighted by atomic mass is 10.2. The van der Waals surface area contributed by atoms with Crippen LogP contribution in [0.25, 0.3) is 0 Å². The van der Waals surface area contributed by atoms with Crippen LogP contribution in [0.1, 0.15) is 12.5 Å². The van der Waals surface area contributed by atoms with Crippen LogP contribution in [0.2, 0.25) is 0 Å². The Hall–Kier alpha value is -0.210. The SMILES string of the molecule is CCSc1cccc(C#N)c1I. The van der Waals surface area contributed by atoms with Gasteiger partial charge in [0.05, 0.1) is 5.56 Å². The summed E-state index contributed by atoms with van der Waals surface area (Å²) < 4.78 is 1.07. The van der Waals surface area contributed by atoms with Gasteiger partial charge in [-0.05, 0) is 40.5 Å². The summed E-state index contributed by atoms with van der Waals surface area (Å²) in [6, 6.07) is 8.00. The van der Waals surface area contributed by atoms with Crippen molar-refractivity contribution < 1.29 is 0 Å². The molecule has 12 heavy (non-hydrogen) atoms. The summed E-state index contributed by atoms with van der Waals surface area (Å²) in [6.45, 7) is 2.11. The van der Waals surface area contributed by atoms with Crippen LogP contribution >= 0.6 is 34.4 Å². The first-order chi connectivity index (χ1) is 5.79. The Morgan fingerprint density at radius 3 is 2.92 bits per heavy atom. The standard InChI is InChI=1S/C9H8INS/c1-2-12-8-5-3-4-7(6-11)9(8)10/h3-5H,2H2,1H3. The Morgan fingerprint density at radius 2 is 2.33 bits per heavy atom. The third-order valence-electron chi connectivity index (χ3n) is 1.38. The molecule has 0 heterocycles. The molecule has 0 atom stereocenters. The Morgan fingerprint density at radius 1 is 1.58 bits per heavy atom. The van der Waals surface area contributed by atoms with E-state index in [9.17, 15) is 0 Å². The molecule has 3 heteroatoms. The molecule has 0 aromatic heterocycles. The zero-order valence-corrected chi connectivity index (χ0v) is 9.65. The maximum Gasteiger partial charge on any atom is 0.100 e. The van der Waals surface area contributed by atoms with Crippen molar-refractivity contribution >= 4 is 34.4 Å². The molecule has 0 N–H and O–H groups in total. The fourth-order valence-corrected chi connectivity index (χ4v) is 2.53. The Labute approximate surface area is 90.3 Å². The molecule has 0 bridgehead atoms. The van der Waals surface area contributed by atoms with E-state index >= 15 is 0 Å². The lowest BCUT2D eigenvalue weighted by Crippen LogP contribution is -1.84. The highest BCUT2D eigenvalue weighted by molar-refractivity contribution is 14.1. The smallest absolute Gasteiger partial charge is 0.100 e. The molecule has 1 rings (SSSR count). The number of hydrogen-bond acceptors (Lipinski definition) is 2. The average molecular weight is 289 g/mol. The molecular formula is C9H8INS. The molecule has 0 aliphatic heterocycles. The topological polar surface area (TPSA) is 23.8 Å². The van der Waals surface area contributed by atoms with Gasteiger partial charge in [0.25, 0.3) is 0 Å². The molecule has 0 spiro atoms. The van der Waals surface area contributed by atoms with Crippen LogP contribution in [-0.2, 0) is 0 Å². The lowest BCUT2D eigenvalue weighted by Gasteiger charge is -2.02. The minimum atomic E-state index is 0.772. The first-order valence-corrected chi connectivity index (χ1v) is 5.67. The fraction of sp³-hybridized carbons (Fsp3) is 0.222. The van der Waals surface area contributed by atoms with Crippen molar-refractivity contribution in [2.75, 3.05) is 5.75 Å². The quantitative estimate of drug-likeness (QED) is 0.616. The second-order valence-corrected chi connectivity index (χ2v) is 4.55. The van der Waals surface area contributed by atoms with Gasteiger partial charge in [0.15, 0.2) is 0 Å². The van der Waals surface area contributed by atoms with Gasteiger partial charge in [0.2, 0.25) is 0 Å². The highest BCUT2D eigenvalue weighted by atomic mass is 127. The largest absolute Gasteiger partial charge is 0.192 e. The van der Waals surface area contributed by atoms with Gasteiger partial charge < -0.3 is 0 Å². The van der Waals surface area contributed by atoms with Crippen LogP contribution in [0.4, 0.5) is 0 Å². The van der Waals surface area contributed by atoms with Gasteiger partial charge in [0, 0.05) is 8.47 Å². The zero-order chi connectivity index (χ0) is 8.97. The minimum Gasteiger partial charge on any atom is -0.192 e. The van der Waals surface area contributed by atoms with Gasteiger partial charge in [-0.25, -0.2) is 0 Å². The van der Waals surface area contributed by atoms with Crippen LogP contribution in [0.15, 0.2) is 23.1 Å². The molecule has 0 aliphatic rings. The van der Waals surface area contributed by atoms with Gasteiger partial charge in [0.1, 0.15) is 6.07 Å². The third kappa shape index (κ3) is 2.14. The molecule has 0 aliphatic carbocycles. The van der Waals surface area contributed by atoms with E-state index in [0.29, 0.717) is 0 Å². The minimum absolute atomic E-state index is 0.772. The van der Waals surface area contributed by atoms with Crippen molar-refractivity contribution in [1.82, 2.24) is 0 Å². The average Bonchev–Trinajstić information content (AvgIpc) is 2.09. The molecule has 0 radical (unpaired) electrons. The Bertz CT molecular complexity index is 317. The number of benzene rings is 1. The molecule has 1 nitrogen and oxygen atoms in total.